The van der Waals surface area contributed by atoms with E-state index < -0.39 is 4.93 Å². The summed E-state index contributed by atoms with van der Waals surface area (Å²) in [4.78, 5) is 11.7. The molecule has 1 amide bonds. The van der Waals surface area contributed by atoms with Crippen LogP contribution in [-0.4, -0.2) is 62.2 Å². The van der Waals surface area contributed by atoms with E-state index in [-0.39, 0.29) is 10.7 Å². The van der Waals surface area contributed by atoms with Gasteiger partial charge in [-0.1, -0.05) is 76.1 Å². The van der Waals surface area contributed by atoms with E-state index in [2.05, 4.69) is 45.3 Å². The number of benzene rings is 1. The zero-order valence-electron chi connectivity index (χ0n) is 22.1. The molecular weight excluding hydrogens is 456 g/mol. The molecule has 0 aliphatic heterocycles. The lowest BCUT2D eigenvalue weighted by Crippen LogP contribution is -2.34. The van der Waals surface area contributed by atoms with Crippen molar-refractivity contribution in [1.29, 1.82) is 0 Å². The lowest BCUT2D eigenvalue weighted by atomic mass is 10.2. The Kier molecular flexibility index (Phi) is 17.0. The molecular formula is C25H46N2O4S2. The smallest absolute Gasteiger partial charge is 0.251 e. The maximum absolute atomic E-state index is 12.3. The molecule has 0 saturated heterocycles. The van der Waals surface area contributed by atoms with Gasteiger partial charge in [-0.25, -0.2) is 0 Å². The molecule has 0 aromatic heterocycles. The maximum Gasteiger partial charge on any atom is 0.251 e. The van der Waals surface area contributed by atoms with Gasteiger partial charge in [0, 0.05) is 30.0 Å². The van der Waals surface area contributed by atoms with Crippen molar-refractivity contribution >= 4 is 27.5 Å². The predicted molar refractivity (Wildman–Crippen MR) is 144 cm³/mol. The van der Waals surface area contributed by atoms with E-state index in [9.17, 15) is 4.79 Å². The first-order valence-corrected chi connectivity index (χ1v) is 13.9. The number of ether oxygens (including phenoxy) is 3. The van der Waals surface area contributed by atoms with Crippen molar-refractivity contribution in [3.8, 4) is 5.75 Å². The molecule has 0 fully saturated rings. The Labute approximate surface area is 210 Å². The Balaban J connectivity index is 0.00000497. The molecule has 0 spiro atoms. The Morgan fingerprint density at radius 1 is 1.06 bits per heavy atom. The summed E-state index contributed by atoms with van der Waals surface area (Å²) in [5.41, 5.74) is 0.579. The van der Waals surface area contributed by atoms with Crippen molar-refractivity contribution in [3.05, 3.63) is 29.8 Å². The lowest BCUT2D eigenvalue weighted by Gasteiger charge is -2.31. The van der Waals surface area contributed by atoms with Crippen LogP contribution in [0.5, 0.6) is 5.75 Å². The van der Waals surface area contributed by atoms with Crippen LogP contribution in [0.25, 0.3) is 0 Å². The van der Waals surface area contributed by atoms with Crippen LogP contribution in [0.1, 0.15) is 65.7 Å². The quantitative estimate of drug-likeness (QED) is 0.183. The van der Waals surface area contributed by atoms with Crippen LogP contribution in [-0.2, 0) is 9.47 Å². The number of rotatable bonds is 15. The highest BCUT2D eigenvalue weighted by Crippen LogP contribution is 2.44. The predicted octanol–water partition coefficient (Wildman–Crippen LogP) is 5.63. The Morgan fingerprint density at radius 3 is 2.36 bits per heavy atom. The molecule has 0 saturated carbocycles. The molecule has 1 aromatic rings. The van der Waals surface area contributed by atoms with E-state index in [4.69, 9.17) is 14.2 Å². The third-order valence-electron chi connectivity index (χ3n) is 3.81. The first-order valence-electron chi connectivity index (χ1n) is 11.8. The van der Waals surface area contributed by atoms with Gasteiger partial charge in [0.15, 0.2) is 4.93 Å². The number of hydrogen-bond acceptors (Lipinski definition) is 7. The van der Waals surface area contributed by atoms with Crippen molar-refractivity contribution < 1.29 is 19.0 Å². The van der Waals surface area contributed by atoms with E-state index >= 15 is 0 Å². The minimum absolute atomic E-state index is 0.0920. The zero-order valence-corrected chi connectivity index (χ0v) is 23.7. The zero-order chi connectivity index (χ0) is 25.3. The standard InChI is InChI=1S/C23H40N2O4S2.C2H6/c1-18(2)16-27-13-14-29-23(6,31-30-22(3,4)5)17-28-20-10-8-9-19(15-20)21(26)25-12-11-24-7;1-2/h8-10,15,18,24H,11-14,16-17H2,1-7H3,(H,25,26);1-2H3. The first kappa shape index (κ1) is 32.1. The van der Waals surface area contributed by atoms with Gasteiger partial charge in [-0.3, -0.25) is 4.79 Å². The van der Waals surface area contributed by atoms with Gasteiger partial charge >= 0.3 is 0 Å². The summed E-state index contributed by atoms with van der Waals surface area (Å²) in [5, 5.41) is 5.89. The van der Waals surface area contributed by atoms with Crippen LogP contribution in [0.15, 0.2) is 24.3 Å². The molecule has 0 heterocycles. The fourth-order valence-electron chi connectivity index (χ4n) is 2.28. The topological polar surface area (TPSA) is 68.8 Å². The minimum Gasteiger partial charge on any atom is -0.490 e. The lowest BCUT2D eigenvalue weighted by molar-refractivity contribution is -0.0275. The molecule has 0 aliphatic rings. The number of carbonyl (C=O) groups excluding carboxylic acids is 1. The normalized spacial score (nSPS) is 13.2. The summed E-state index contributed by atoms with van der Waals surface area (Å²) in [6.45, 7) is 20.2. The third-order valence-corrected chi connectivity index (χ3v) is 7.79. The third kappa shape index (κ3) is 16.4. The van der Waals surface area contributed by atoms with Crippen molar-refractivity contribution in [1.82, 2.24) is 10.6 Å². The van der Waals surface area contributed by atoms with Crippen LogP contribution >= 0.6 is 21.6 Å². The number of nitrogens with one attached hydrogen (secondary N) is 2. The Bertz CT molecular complexity index is 654. The summed E-state index contributed by atoms with van der Waals surface area (Å²) >= 11 is 0. The largest absolute Gasteiger partial charge is 0.490 e. The van der Waals surface area contributed by atoms with E-state index in [1.807, 2.05) is 40.0 Å². The van der Waals surface area contributed by atoms with Gasteiger partial charge in [0.1, 0.15) is 12.4 Å². The molecule has 1 rings (SSSR count). The summed E-state index contributed by atoms with van der Waals surface area (Å²) in [5.74, 6) is 1.04. The molecule has 192 valence electrons. The Hall–Kier alpha value is -0.930. The van der Waals surface area contributed by atoms with Crippen LogP contribution in [0.2, 0.25) is 0 Å². The maximum atomic E-state index is 12.3. The van der Waals surface area contributed by atoms with E-state index in [0.717, 1.165) is 13.2 Å². The van der Waals surface area contributed by atoms with Gasteiger partial charge in [-0.05, 0) is 38.1 Å². The highest BCUT2D eigenvalue weighted by atomic mass is 33.1. The molecule has 1 unspecified atom stereocenters. The molecule has 6 nitrogen and oxygen atoms in total. The van der Waals surface area contributed by atoms with Gasteiger partial charge in [0.05, 0.1) is 13.2 Å². The van der Waals surface area contributed by atoms with E-state index in [1.54, 1.807) is 33.7 Å². The first-order chi connectivity index (χ1) is 15.5. The molecule has 0 bridgehead atoms. The molecule has 2 N–H and O–H groups in total. The second kappa shape index (κ2) is 17.5. The average Bonchev–Trinajstić information content (AvgIpc) is 2.77. The second-order valence-corrected chi connectivity index (χ2v) is 12.3. The van der Waals surface area contributed by atoms with E-state index in [1.165, 1.54) is 0 Å². The van der Waals surface area contributed by atoms with Gasteiger partial charge in [0.25, 0.3) is 5.91 Å². The van der Waals surface area contributed by atoms with Crippen molar-refractivity contribution in [3.63, 3.8) is 0 Å². The average molecular weight is 503 g/mol. The summed E-state index contributed by atoms with van der Waals surface area (Å²) < 4.78 is 18.0. The molecule has 1 aromatic carbocycles. The van der Waals surface area contributed by atoms with E-state index in [0.29, 0.717) is 43.6 Å². The monoisotopic (exact) mass is 502 g/mol. The summed E-state index contributed by atoms with van der Waals surface area (Å²) in [6.07, 6.45) is 0. The molecule has 0 aliphatic carbocycles. The number of carbonyl (C=O) groups is 1. The molecule has 8 heteroatoms. The Morgan fingerprint density at radius 2 is 1.76 bits per heavy atom. The summed E-state index contributed by atoms with van der Waals surface area (Å²) in [6, 6.07) is 7.24. The highest BCUT2D eigenvalue weighted by molar-refractivity contribution is 8.77. The number of likely N-dealkylation sites (N-methyl/N-ethyl adjacent to an activating group) is 1. The molecule has 0 radical (unpaired) electrons. The fraction of sp³-hybridized carbons (Fsp3) is 0.720. The van der Waals surface area contributed by atoms with Crippen LogP contribution < -0.4 is 15.4 Å². The van der Waals surface area contributed by atoms with Crippen molar-refractivity contribution in [2.75, 3.05) is 46.6 Å². The van der Waals surface area contributed by atoms with Crippen LogP contribution in [0, 0.1) is 5.92 Å². The second-order valence-electron chi connectivity index (χ2n) is 8.91. The number of hydrogen-bond donors (Lipinski definition) is 2. The molecule has 1 atom stereocenters. The molecule has 33 heavy (non-hydrogen) atoms. The summed E-state index contributed by atoms with van der Waals surface area (Å²) in [7, 11) is 5.28. The minimum atomic E-state index is -0.551. The van der Waals surface area contributed by atoms with Crippen LogP contribution in [0.3, 0.4) is 0 Å². The van der Waals surface area contributed by atoms with Gasteiger partial charge in [-0.2, -0.15) is 0 Å². The fourth-order valence-corrected chi connectivity index (χ4v) is 4.52. The van der Waals surface area contributed by atoms with Gasteiger partial charge in [-0.15, -0.1) is 0 Å². The highest BCUT2D eigenvalue weighted by Gasteiger charge is 2.30. The van der Waals surface area contributed by atoms with Gasteiger partial charge in [0.2, 0.25) is 0 Å². The van der Waals surface area contributed by atoms with Crippen molar-refractivity contribution in [2.45, 2.75) is 65.1 Å². The van der Waals surface area contributed by atoms with Crippen molar-refractivity contribution in [2.24, 2.45) is 5.92 Å². The van der Waals surface area contributed by atoms with Gasteiger partial charge < -0.3 is 24.8 Å². The number of amides is 1. The SMILES string of the molecule is CC.CNCCNC(=O)c1cccc(OCC(C)(OCCOCC(C)C)SSC(C)(C)C)c1. The van der Waals surface area contributed by atoms with Crippen LogP contribution in [0.4, 0.5) is 0 Å².